The Hall–Kier alpha value is -1.35. The Labute approximate surface area is 108 Å². The maximum atomic E-state index is 11.4. The number of benzene rings is 1. The van der Waals surface area contributed by atoms with E-state index in [4.69, 9.17) is 4.74 Å². The summed E-state index contributed by atoms with van der Waals surface area (Å²) in [5.74, 6) is 0. The zero-order valence-electron chi connectivity index (χ0n) is 10.8. The largest absolute Gasteiger partial charge is 0.380 e. The van der Waals surface area contributed by atoms with E-state index in [1.807, 2.05) is 0 Å². The second-order valence-electron chi connectivity index (χ2n) is 5.59. The van der Waals surface area contributed by atoms with Crippen LogP contribution in [0.1, 0.15) is 18.9 Å². The number of anilines is 1. The highest BCUT2D eigenvalue weighted by Crippen LogP contribution is 2.36. The van der Waals surface area contributed by atoms with Gasteiger partial charge in [-0.15, -0.1) is 0 Å². The summed E-state index contributed by atoms with van der Waals surface area (Å²) in [5, 5.41) is 0. The van der Waals surface area contributed by atoms with Crippen LogP contribution in [0.3, 0.4) is 0 Å². The molecule has 0 amide bonds. The van der Waals surface area contributed by atoms with Crippen molar-refractivity contribution in [3.63, 3.8) is 0 Å². The predicted molar refractivity (Wildman–Crippen MR) is 70.9 cm³/mol. The standard InChI is InChI=1S/C15H19NO2/c1-12-8-13-4-2-3-5-14(13)16(12)9-15(10-17)6-7-18-11-15/h2-5,10,12H,6-9,11H2,1H3. The lowest BCUT2D eigenvalue weighted by molar-refractivity contribution is -0.115. The van der Waals surface area contributed by atoms with Gasteiger partial charge in [0.1, 0.15) is 6.29 Å². The number of carbonyl (C=O) groups is 1. The van der Waals surface area contributed by atoms with Gasteiger partial charge in [-0.2, -0.15) is 0 Å². The van der Waals surface area contributed by atoms with Crippen molar-refractivity contribution in [2.45, 2.75) is 25.8 Å². The van der Waals surface area contributed by atoms with Gasteiger partial charge in [-0.25, -0.2) is 0 Å². The zero-order valence-corrected chi connectivity index (χ0v) is 10.8. The summed E-state index contributed by atoms with van der Waals surface area (Å²) < 4.78 is 5.43. The van der Waals surface area contributed by atoms with E-state index in [1.165, 1.54) is 11.3 Å². The lowest BCUT2D eigenvalue weighted by Crippen LogP contribution is -2.42. The molecule has 0 spiro atoms. The van der Waals surface area contributed by atoms with Gasteiger partial charge in [0.15, 0.2) is 0 Å². The van der Waals surface area contributed by atoms with Crippen LogP contribution in [0, 0.1) is 5.41 Å². The molecule has 1 aromatic carbocycles. The second-order valence-corrected chi connectivity index (χ2v) is 5.59. The van der Waals surface area contributed by atoms with Crippen LogP contribution in [0.25, 0.3) is 0 Å². The average Bonchev–Trinajstić information content (AvgIpc) is 2.97. The van der Waals surface area contributed by atoms with E-state index in [-0.39, 0.29) is 5.41 Å². The summed E-state index contributed by atoms with van der Waals surface area (Å²) in [4.78, 5) is 13.8. The second kappa shape index (κ2) is 4.39. The Morgan fingerprint density at radius 3 is 3.06 bits per heavy atom. The molecule has 0 radical (unpaired) electrons. The van der Waals surface area contributed by atoms with Crippen LogP contribution in [0.5, 0.6) is 0 Å². The molecule has 2 aliphatic rings. The molecule has 0 aliphatic carbocycles. The molecule has 1 aromatic rings. The number of para-hydroxylation sites is 1. The highest BCUT2D eigenvalue weighted by atomic mass is 16.5. The fraction of sp³-hybridized carbons (Fsp3) is 0.533. The minimum Gasteiger partial charge on any atom is -0.380 e. The Kier molecular flexibility index (Phi) is 2.86. The molecule has 2 unspecified atom stereocenters. The van der Waals surface area contributed by atoms with Crippen molar-refractivity contribution < 1.29 is 9.53 Å². The number of carbonyl (C=O) groups excluding carboxylic acids is 1. The Bertz CT molecular complexity index is 452. The SMILES string of the molecule is CC1Cc2ccccc2N1CC1(C=O)CCOC1. The van der Waals surface area contributed by atoms with Crippen LogP contribution in [0.4, 0.5) is 5.69 Å². The molecule has 3 nitrogen and oxygen atoms in total. The third kappa shape index (κ3) is 1.83. The molecule has 18 heavy (non-hydrogen) atoms. The summed E-state index contributed by atoms with van der Waals surface area (Å²) in [6.07, 6.45) is 3.03. The summed E-state index contributed by atoms with van der Waals surface area (Å²) in [6.45, 7) is 4.30. The third-order valence-corrected chi connectivity index (χ3v) is 4.22. The van der Waals surface area contributed by atoms with Crippen molar-refractivity contribution in [1.29, 1.82) is 0 Å². The number of nitrogens with zero attached hydrogens (tertiary/aromatic N) is 1. The summed E-state index contributed by atoms with van der Waals surface area (Å²) in [6, 6.07) is 8.98. The van der Waals surface area contributed by atoms with Gasteiger partial charge in [-0.3, -0.25) is 0 Å². The Morgan fingerprint density at radius 1 is 1.50 bits per heavy atom. The molecule has 2 atom stereocenters. The summed E-state index contributed by atoms with van der Waals surface area (Å²) >= 11 is 0. The molecule has 0 bridgehead atoms. The molecule has 1 saturated heterocycles. The van der Waals surface area contributed by atoms with Crippen LogP contribution < -0.4 is 4.90 Å². The molecule has 1 fully saturated rings. The zero-order chi connectivity index (χ0) is 12.6. The quantitative estimate of drug-likeness (QED) is 0.763. The number of hydrogen-bond donors (Lipinski definition) is 0. The fourth-order valence-electron chi connectivity index (χ4n) is 3.09. The van der Waals surface area contributed by atoms with E-state index in [0.717, 1.165) is 25.7 Å². The lowest BCUT2D eigenvalue weighted by Gasteiger charge is -2.32. The minimum atomic E-state index is -0.300. The molecule has 3 rings (SSSR count). The van der Waals surface area contributed by atoms with Gasteiger partial charge in [0.05, 0.1) is 12.0 Å². The smallest absolute Gasteiger partial charge is 0.130 e. The molecular weight excluding hydrogens is 226 g/mol. The molecule has 2 heterocycles. The van der Waals surface area contributed by atoms with Gasteiger partial charge in [0.25, 0.3) is 0 Å². The van der Waals surface area contributed by atoms with Gasteiger partial charge < -0.3 is 14.4 Å². The lowest BCUT2D eigenvalue weighted by atomic mass is 9.88. The molecule has 0 N–H and O–H groups in total. The van der Waals surface area contributed by atoms with Crippen LogP contribution in [-0.2, 0) is 16.0 Å². The number of fused-ring (bicyclic) bond motifs is 1. The van der Waals surface area contributed by atoms with Gasteiger partial charge in [-0.1, -0.05) is 18.2 Å². The van der Waals surface area contributed by atoms with E-state index in [0.29, 0.717) is 19.3 Å². The maximum Gasteiger partial charge on any atom is 0.130 e. The molecule has 0 saturated carbocycles. The first-order valence-electron chi connectivity index (χ1n) is 6.63. The van der Waals surface area contributed by atoms with E-state index in [1.54, 1.807) is 0 Å². The van der Waals surface area contributed by atoms with Crippen LogP contribution in [0.2, 0.25) is 0 Å². The number of hydrogen-bond acceptors (Lipinski definition) is 3. The molecule has 3 heteroatoms. The number of ether oxygens (including phenoxy) is 1. The molecule has 2 aliphatic heterocycles. The van der Waals surface area contributed by atoms with E-state index >= 15 is 0 Å². The average molecular weight is 245 g/mol. The van der Waals surface area contributed by atoms with Crippen LogP contribution in [0.15, 0.2) is 24.3 Å². The third-order valence-electron chi connectivity index (χ3n) is 4.22. The van der Waals surface area contributed by atoms with Gasteiger partial charge in [-0.05, 0) is 31.4 Å². The Morgan fingerprint density at radius 2 is 2.33 bits per heavy atom. The predicted octanol–water partition coefficient (Wildman–Crippen LogP) is 2.04. The highest BCUT2D eigenvalue weighted by molar-refractivity contribution is 5.65. The fourth-order valence-corrected chi connectivity index (χ4v) is 3.09. The van der Waals surface area contributed by atoms with Crippen molar-refractivity contribution in [2.24, 2.45) is 5.41 Å². The van der Waals surface area contributed by atoms with E-state index < -0.39 is 0 Å². The van der Waals surface area contributed by atoms with E-state index in [2.05, 4.69) is 36.1 Å². The first-order valence-corrected chi connectivity index (χ1v) is 6.63. The van der Waals surface area contributed by atoms with Crippen LogP contribution >= 0.6 is 0 Å². The number of aldehydes is 1. The molecular formula is C15H19NO2. The van der Waals surface area contributed by atoms with Crippen molar-refractivity contribution in [3.05, 3.63) is 29.8 Å². The van der Waals surface area contributed by atoms with Crippen LogP contribution in [-0.4, -0.2) is 32.1 Å². The van der Waals surface area contributed by atoms with Crippen molar-refractivity contribution in [1.82, 2.24) is 0 Å². The van der Waals surface area contributed by atoms with E-state index in [9.17, 15) is 4.79 Å². The normalized spacial score (nSPS) is 30.5. The van der Waals surface area contributed by atoms with Crippen molar-refractivity contribution in [3.8, 4) is 0 Å². The minimum absolute atomic E-state index is 0.300. The first-order chi connectivity index (χ1) is 8.74. The van der Waals surface area contributed by atoms with Gasteiger partial charge in [0, 0.05) is 24.9 Å². The topological polar surface area (TPSA) is 29.5 Å². The summed E-state index contributed by atoms with van der Waals surface area (Å²) in [5.41, 5.74) is 2.38. The van der Waals surface area contributed by atoms with Crippen molar-refractivity contribution >= 4 is 12.0 Å². The van der Waals surface area contributed by atoms with Crippen molar-refractivity contribution in [2.75, 3.05) is 24.7 Å². The summed E-state index contributed by atoms with van der Waals surface area (Å²) in [7, 11) is 0. The Balaban J connectivity index is 1.86. The van der Waals surface area contributed by atoms with Gasteiger partial charge >= 0.3 is 0 Å². The first kappa shape index (κ1) is 11.7. The number of rotatable bonds is 3. The molecule has 0 aromatic heterocycles. The highest BCUT2D eigenvalue weighted by Gasteiger charge is 2.39. The monoisotopic (exact) mass is 245 g/mol. The maximum absolute atomic E-state index is 11.4. The molecule has 96 valence electrons. The van der Waals surface area contributed by atoms with Gasteiger partial charge in [0.2, 0.25) is 0 Å².